The molecular weight excluding hydrogens is 204 g/mol. The van der Waals surface area contributed by atoms with Gasteiger partial charge in [0.15, 0.2) is 5.11 Å². The molecule has 0 amide bonds. The third kappa shape index (κ3) is 3.63. The molecule has 2 fully saturated rings. The van der Waals surface area contributed by atoms with E-state index in [0.717, 1.165) is 11.0 Å². The van der Waals surface area contributed by atoms with Crippen LogP contribution < -0.4 is 10.6 Å². The molecule has 2 atom stereocenters. The second-order valence-corrected chi connectivity index (χ2v) is 5.44. The molecule has 0 saturated heterocycles. The molecule has 3 heteroatoms. The average Bonchev–Trinajstić information content (AvgIpc) is 3.02. The normalized spacial score (nSPS) is 31.0. The average molecular weight is 226 g/mol. The van der Waals surface area contributed by atoms with Crippen LogP contribution in [0.15, 0.2) is 0 Å². The van der Waals surface area contributed by atoms with Gasteiger partial charge in [0.05, 0.1) is 0 Å². The minimum absolute atomic E-state index is 0.627. The standard InChI is InChI=1S/C12H22N2S/c1-2-9-4-3-5-11(8-9)14-12(15)13-10-6-7-10/h9-11H,2-8H2,1H3,(H2,13,14,15). The SMILES string of the molecule is CCC1CCCC(NC(=S)NC2CC2)C1. The maximum absolute atomic E-state index is 5.30. The van der Waals surface area contributed by atoms with Crippen molar-refractivity contribution in [2.24, 2.45) is 5.92 Å². The maximum atomic E-state index is 5.30. The summed E-state index contributed by atoms with van der Waals surface area (Å²) in [7, 11) is 0. The molecule has 2 rings (SSSR count). The summed E-state index contributed by atoms with van der Waals surface area (Å²) in [5, 5.41) is 7.72. The number of hydrogen-bond acceptors (Lipinski definition) is 1. The van der Waals surface area contributed by atoms with Gasteiger partial charge in [-0.2, -0.15) is 0 Å². The second-order valence-electron chi connectivity index (χ2n) is 5.03. The summed E-state index contributed by atoms with van der Waals surface area (Å²) < 4.78 is 0. The Morgan fingerprint density at radius 1 is 1.13 bits per heavy atom. The Morgan fingerprint density at radius 2 is 1.87 bits per heavy atom. The van der Waals surface area contributed by atoms with Gasteiger partial charge in [-0.1, -0.05) is 26.2 Å². The summed E-state index contributed by atoms with van der Waals surface area (Å²) in [6.07, 6.45) is 9.29. The van der Waals surface area contributed by atoms with Crippen LogP contribution in [0, 0.1) is 5.92 Å². The molecular formula is C12H22N2S. The van der Waals surface area contributed by atoms with Gasteiger partial charge in [-0.05, 0) is 43.8 Å². The van der Waals surface area contributed by atoms with E-state index in [-0.39, 0.29) is 0 Å². The molecule has 0 aliphatic heterocycles. The van der Waals surface area contributed by atoms with E-state index in [1.165, 1.54) is 44.9 Å². The summed E-state index contributed by atoms with van der Waals surface area (Å²) in [6, 6.07) is 1.30. The van der Waals surface area contributed by atoms with E-state index in [0.29, 0.717) is 12.1 Å². The fourth-order valence-electron chi connectivity index (χ4n) is 2.43. The zero-order valence-corrected chi connectivity index (χ0v) is 10.4. The van der Waals surface area contributed by atoms with E-state index in [1.807, 2.05) is 0 Å². The Morgan fingerprint density at radius 3 is 2.53 bits per heavy atom. The van der Waals surface area contributed by atoms with Crippen LogP contribution in [0.1, 0.15) is 51.9 Å². The highest BCUT2D eigenvalue weighted by Crippen LogP contribution is 2.26. The lowest BCUT2D eigenvalue weighted by Gasteiger charge is -2.30. The Labute approximate surface area is 98.2 Å². The Hall–Kier alpha value is -0.310. The molecule has 2 nitrogen and oxygen atoms in total. The first-order valence-electron chi connectivity index (χ1n) is 6.35. The largest absolute Gasteiger partial charge is 0.360 e. The van der Waals surface area contributed by atoms with Crippen molar-refractivity contribution in [3.63, 3.8) is 0 Å². The van der Waals surface area contributed by atoms with Crippen LogP contribution >= 0.6 is 12.2 Å². The first kappa shape index (κ1) is 11.2. The predicted molar refractivity (Wildman–Crippen MR) is 67.9 cm³/mol. The van der Waals surface area contributed by atoms with E-state index >= 15 is 0 Å². The molecule has 0 aromatic heterocycles. The molecule has 0 spiro atoms. The van der Waals surface area contributed by atoms with Gasteiger partial charge in [0.25, 0.3) is 0 Å². The van der Waals surface area contributed by atoms with Crippen LogP contribution in [0.2, 0.25) is 0 Å². The molecule has 0 bridgehead atoms. The van der Waals surface area contributed by atoms with Crippen molar-refractivity contribution in [1.29, 1.82) is 0 Å². The molecule has 2 N–H and O–H groups in total. The second kappa shape index (κ2) is 5.15. The highest BCUT2D eigenvalue weighted by Gasteiger charge is 2.24. The van der Waals surface area contributed by atoms with Crippen LogP contribution in [-0.2, 0) is 0 Å². The van der Waals surface area contributed by atoms with E-state index in [2.05, 4.69) is 17.6 Å². The van der Waals surface area contributed by atoms with Crippen molar-refractivity contribution in [3.05, 3.63) is 0 Å². The number of hydrogen-bond donors (Lipinski definition) is 2. The molecule has 15 heavy (non-hydrogen) atoms. The predicted octanol–water partition coefficient (Wildman–Crippen LogP) is 2.58. The van der Waals surface area contributed by atoms with Crippen molar-refractivity contribution < 1.29 is 0 Å². The molecule has 2 aliphatic carbocycles. The monoisotopic (exact) mass is 226 g/mol. The molecule has 0 aromatic rings. The first-order chi connectivity index (χ1) is 7.28. The lowest BCUT2D eigenvalue weighted by atomic mass is 9.84. The van der Waals surface area contributed by atoms with Crippen LogP contribution in [-0.4, -0.2) is 17.2 Å². The summed E-state index contributed by atoms with van der Waals surface area (Å²) in [6.45, 7) is 2.30. The Kier molecular flexibility index (Phi) is 3.84. The minimum atomic E-state index is 0.627. The molecule has 2 unspecified atom stereocenters. The highest BCUT2D eigenvalue weighted by atomic mass is 32.1. The molecule has 2 aliphatic rings. The van der Waals surface area contributed by atoms with Gasteiger partial charge in [0.1, 0.15) is 0 Å². The molecule has 0 aromatic carbocycles. The van der Waals surface area contributed by atoms with Gasteiger partial charge in [0, 0.05) is 12.1 Å². The van der Waals surface area contributed by atoms with Gasteiger partial charge in [-0.15, -0.1) is 0 Å². The summed E-state index contributed by atoms with van der Waals surface area (Å²) in [4.78, 5) is 0. The zero-order valence-electron chi connectivity index (χ0n) is 9.59. The van der Waals surface area contributed by atoms with Crippen LogP contribution in [0.3, 0.4) is 0 Å². The van der Waals surface area contributed by atoms with Gasteiger partial charge in [0.2, 0.25) is 0 Å². The lowest BCUT2D eigenvalue weighted by Crippen LogP contribution is -2.44. The van der Waals surface area contributed by atoms with E-state index < -0.39 is 0 Å². The lowest BCUT2D eigenvalue weighted by molar-refractivity contribution is 0.299. The fraction of sp³-hybridized carbons (Fsp3) is 0.917. The van der Waals surface area contributed by atoms with Crippen molar-refractivity contribution in [1.82, 2.24) is 10.6 Å². The van der Waals surface area contributed by atoms with Crippen LogP contribution in [0.4, 0.5) is 0 Å². The molecule has 86 valence electrons. The highest BCUT2D eigenvalue weighted by molar-refractivity contribution is 7.80. The fourth-order valence-corrected chi connectivity index (χ4v) is 2.77. The Bertz CT molecular complexity index is 226. The topological polar surface area (TPSA) is 24.1 Å². The van der Waals surface area contributed by atoms with Gasteiger partial charge >= 0.3 is 0 Å². The summed E-state index contributed by atoms with van der Waals surface area (Å²) in [5.74, 6) is 0.917. The first-order valence-corrected chi connectivity index (χ1v) is 6.75. The van der Waals surface area contributed by atoms with Crippen LogP contribution in [0.25, 0.3) is 0 Å². The minimum Gasteiger partial charge on any atom is -0.360 e. The van der Waals surface area contributed by atoms with Crippen molar-refractivity contribution in [3.8, 4) is 0 Å². The van der Waals surface area contributed by atoms with Gasteiger partial charge in [-0.25, -0.2) is 0 Å². The van der Waals surface area contributed by atoms with Crippen molar-refractivity contribution in [2.75, 3.05) is 0 Å². The van der Waals surface area contributed by atoms with E-state index in [9.17, 15) is 0 Å². The number of rotatable bonds is 3. The smallest absolute Gasteiger partial charge is 0.166 e. The van der Waals surface area contributed by atoms with Crippen LogP contribution in [0.5, 0.6) is 0 Å². The van der Waals surface area contributed by atoms with Gasteiger partial charge in [-0.3, -0.25) is 0 Å². The zero-order chi connectivity index (χ0) is 10.7. The van der Waals surface area contributed by atoms with Crippen molar-refractivity contribution in [2.45, 2.75) is 64.0 Å². The maximum Gasteiger partial charge on any atom is 0.166 e. The Balaban J connectivity index is 1.70. The third-order valence-electron chi connectivity index (χ3n) is 3.61. The van der Waals surface area contributed by atoms with E-state index in [1.54, 1.807) is 0 Å². The number of nitrogens with one attached hydrogen (secondary N) is 2. The van der Waals surface area contributed by atoms with Gasteiger partial charge < -0.3 is 10.6 Å². The third-order valence-corrected chi connectivity index (χ3v) is 3.84. The molecule has 0 radical (unpaired) electrons. The van der Waals surface area contributed by atoms with Crippen molar-refractivity contribution >= 4 is 17.3 Å². The molecule has 2 saturated carbocycles. The van der Waals surface area contributed by atoms with E-state index in [4.69, 9.17) is 12.2 Å². The quantitative estimate of drug-likeness (QED) is 0.723. The summed E-state index contributed by atoms with van der Waals surface area (Å²) in [5.41, 5.74) is 0. The summed E-state index contributed by atoms with van der Waals surface area (Å²) >= 11 is 5.30. The molecule has 0 heterocycles. The number of thiocarbonyl (C=S) groups is 1.